The van der Waals surface area contributed by atoms with Gasteiger partial charge >= 0.3 is 6.36 Å². The standard InChI is InChI=1S/C8H7F5N2O/c1-3-2-15-7(16-8(11,12)13)4(5(3)14)6(9)10/h2,6H,1H3,(H2,14,15). The van der Waals surface area contributed by atoms with Gasteiger partial charge in [-0.3, -0.25) is 0 Å². The number of nitrogen functional groups attached to an aromatic ring is 1. The lowest BCUT2D eigenvalue weighted by Gasteiger charge is -2.14. The molecule has 0 spiro atoms. The van der Waals surface area contributed by atoms with Gasteiger partial charge in [-0.1, -0.05) is 0 Å². The summed E-state index contributed by atoms with van der Waals surface area (Å²) in [4.78, 5) is 3.14. The third kappa shape index (κ3) is 2.71. The number of halogens is 5. The Bertz CT molecular complexity index is 391. The second kappa shape index (κ2) is 4.11. The minimum Gasteiger partial charge on any atom is -0.398 e. The average molecular weight is 242 g/mol. The number of nitrogens with zero attached hydrogens (tertiary/aromatic N) is 1. The Morgan fingerprint density at radius 3 is 2.38 bits per heavy atom. The molecule has 1 aromatic rings. The van der Waals surface area contributed by atoms with Gasteiger partial charge in [0.25, 0.3) is 6.43 Å². The van der Waals surface area contributed by atoms with Crippen LogP contribution in [0.3, 0.4) is 0 Å². The third-order valence-electron chi connectivity index (χ3n) is 1.75. The predicted octanol–water partition coefficient (Wildman–Crippen LogP) is 2.81. The molecule has 0 aliphatic heterocycles. The Hall–Kier alpha value is -1.60. The first-order chi connectivity index (χ1) is 7.22. The van der Waals surface area contributed by atoms with Crippen LogP contribution in [0, 0.1) is 6.92 Å². The van der Waals surface area contributed by atoms with Crippen LogP contribution >= 0.6 is 0 Å². The number of nitrogens with two attached hydrogens (primary N) is 1. The number of hydrogen-bond acceptors (Lipinski definition) is 3. The van der Waals surface area contributed by atoms with Crippen LogP contribution in [0.4, 0.5) is 27.6 Å². The molecule has 0 saturated heterocycles. The van der Waals surface area contributed by atoms with Crippen LogP contribution in [0.1, 0.15) is 17.6 Å². The molecule has 0 atom stereocenters. The van der Waals surface area contributed by atoms with Gasteiger partial charge in [0.1, 0.15) is 5.56 Å². The van der Waals surface area contributed by atoms with Crippen LogP contribution in [-0.4, -0.2) is 11.3 Å². The summed E-state index contributed by atoms with van der Waals surface area (Å²) in [5, 5.41) is 0. The first-order valence-electron chi connectivity index (χ1n) is 4.01. The highest BCUT2D eigenvalue weighted by Gasteiger charge is 2.35. The maximum Gasteiger partial charge on any atom is 0.574 e. The normalized spacial score (nSPS) is 11.9. The fraction of sp³-hybridized carbons (Fsp3) is 0.375. The summed E-state index contributed by atoms with van der Waals surface area (Å²) < 4.78 is 63.9. The second-order valence-electron chi connectivity index (χ2n) is 2.92. The third-order valence-corrected chi connectivity index (χ3v) is 1.75. The van der Waals surface area contributed by atoms with Crippen molar-refractivity contribution in [2.24, 2.45) is 0 Å². The van der Waals surface area contributed by atoms with E-state index in [1.807, 2.05) is 0 Å². The van der Waals surface area contributed by atoms with Gasteiger partial charge < -0.3 is 10.5 Å². The molecule has 0 unspecified atom stereocenters. The number of aryl methyl sites for hydroxylation is 1. The van der Waals surface area contributed by atoms with Gasteiger partial charge in [-0.2, -0.15) is 0 Å². The highest BCUT2D eigenvalue weighted by molar-refractivity contribution is 5.56. The molecule has 0 aromatic carbocycles. The summed E-state index contributed by atoms with van der Waals surface area (Å²) in [6.07, 6.45) is -7.34. The smallest absolute Gasteiger partial charge is 0.398 e. The molecule has 90 valence electrons. The predicted molar refractivity (Wildman–Crippen MR) is 45.0 cm³/mol. The van der Waals surface area contributed by atoms with Crippen molar-refractivity contribution in [1.82, 2.24) is 4.98 Å². The number of hydrogen-bond donors (Lipinski definition) is 1. The van der Waals surface area contributed by atoms with Crippen LogP contribution in [0.15, 0.2) is 6.20 Å². The molecule has 1 aromatic heterocycles. The molecule has 1 rings (SSSR count). The lowest BCUT2D eigenvalue weighted by Crippen LogP contribution is -2.19. The summed E-state index contributed by atoms with van der Waals surface area (Å²) in [5.74, 6) is -1.22. The minimum absolute atomic E-state index is 0.157. The first kappa shape index (κ1) is 12.5. The maximum atomic E-state index is 12.5. The number of ether oxygens (including phenoxy) is 1. The fourth-order valence-electron chi connectivity index (χ4n) is 1.02. The quantitative estimate of drug-likeness (QED) is 0.811. The Morgan fingerprint density at radius 2 is 1.94 bits per heavy atom. The molecule has 8 heteroatoms. The molecular weight excluding hydrogens is 235 g/mol. The van der Waals surface area contributed by atoms with Crippen molar-refractivity contribution >= 4 is 5.69 Å². The molecule has 0 aliphatic carbocycles. The van der Waals surface area contributed by atoms with Crippen molar-refractivity contribution in [3.05, 3.63) is 17.3 Å². The van der Waals surface area contributed by atoms with Crippen molar-refractivity contribution in [3.8, 4) is 5.88 Å². The largest absolute Gasteiger partial charge is 0.574 e. The lowest BCUT2D eigenvalue weighted by atomic mass is 10.1. The van der Waals surface area contributed by atoms with Crippen molar-refractivity contribution in [2.75, 3.05) is 5.73 Å². The molecular formula is C8H7F5N2O. The summed E-state index contributed by atoms with van der Waals surface area (Å²) in [7, 11) is 0. The zero-order chi connectivity index (χ0) is 12.5. The summed E-state index contributed by atoms with van der Waals surface area (Å²) in [5.41, 5.74) is 3.89. The van der Waals surface area contributed by atoms with E-state index < -0.39 is 29.9 Å². The van der Waals surface area contributed by atoms with Crippen LogP contribution in [0.5, 0.6) is 5.88 Å². The second-order valence-corrected chi connectivity index (χ2v) is 2.92. The molecule has 3 nitrogen and oxygen atoms in total. The van der Waals surface area contributed by atoms with Gasteiger partial charge in [0.15, 0.2) is 0 Å². The van der Waals surface area contributed by atoms with Crippen LogP contribution in [0.25, 0.3) is 0 Å². The number of alkyl halides is 5. The molecule has 1 heterocycles. The number of rotatable bonds is 2. The van der Waals surface area contributed by atoms with Gasteiger partial charge in [-0.25, -0.2) is 13.8 Å². The molecule has 0 radical (unpaired) electrons. The van der Waals surface area contributed by atoms with E-state index >= 15 is 0 Å². The van der Waals surface area contributed by atoms with Crippen molar-refractivity contribution in [1.29, 1.82) is 0 Å². The van der Waals surface area contributed by atoms with E-state index in [1.165, 1.54) is 6.92 Å². The summed E-state index contributed by atoms with van der Waals surface area (Å²) in [6, 6.07) is 0. The minimum atomic E-state index is -5.08. The van der Waals surface area contributed by atoms with Crippen molar-refractivity contribution < 1.29 is 26.7 Å². The maximum absolute atomic E-state index is 12.5. The topological polar surface area (TPSA) is 48.1 Å². The molecule has 0 fully saturated rings. The van der Waals surface area contributed by atoms with Crippen LogP contribution in [0.2, 0.25) is 0 Å². The van der Waals surface area contributed by atoms with E-state index in [0.717, 1.165) is 6.20 Å². The molecule has 0 bridgehead atoms. The molecule has 0 saturated carbocycles. The van der Waals surface area contributed by atoms with Gasteiger partial charge in [-0.15, -0.1) is 13.2 Å². The van der Waals surface area contributed by atoms with Gasteiger partial charge in [0.2, 0.25) is 5.88 Å². The molecule has 0 aliphatic rings. The fourth-order valence-corrected chi connectivity index (χ4v) is 1.02. The zero-order valence-corrected chi connectivity index (χ0v) is 7.98. The number of aromatic nitrogens is 1. The monoisotopic (exact) mass is 242 g/mol. The Kier molecular flexibility index (Phi) is 3.20. The summed E-state index contributed by atoms with van der Waals surface area (Å²) >= 11 is 0. The van der Waals surface area contributed by atoms with Crippen molar-refractivity contribution in [2.45, 2.75) is 19.7 Å². The van der Waals surface area contributed by atoms with E-state index in [-0.39, 0.29) is 5.56 Å². The van der Waals surface area contributed by atoms with E-state index in [9.17, 15) is 22.0 Å². The van der Waals surface area contributed by atoms with E-state index in [4.69, 9.17) is 5.73 Å². The van der Waals surface area contributed by atoms with E-state index in [1.54, 1.807) is 0 Å². The summed E-state index contributed by atoms with van der Waals surface area (Å²) in [6.45, 7) is 1.35. The molecule has 0 amide bonds. The SMILES string of the molecule is Cc1cnc(OC(F)(F)F)c(C(F)F)c1N. The van der Waals surface area contributed by atoms with Crippen molar-refractivity contribution in [3.63, 3.8) is 0 Å². The molecule has 16 heavy (non-hydrogen) atoms. The highest BCUT2D eigenvalue weighted by Crippen LogP contribution is 2.36. The number of pyridine rings is 1. The Balaban J connectivity index is 3.24. The first-order valence-corrected chi connectivity index (χ1v) is 4.01. The highest BCUT2D eigenvalue weighted by atomic mass is 19.4. The number of anilines is 1. The lowest BCUT2D eigenvalue weighted by molar-refractivity contribution is -0.276. The Labute approximate surface area is 87.0 Å². The van der Waals surface area contributed by atoms with Crippen LogP contribution in [-0.2, 0) is 0 Å². The average Bonchev–Trinajstić information content (AvgIpc) is 2.08. The van der Waals surface area contributed by atoms with E-state index in [2.05, 4.69) is 9.72 Å². The zero-order valence-electron chi connectivity index (χ0n) is 7.98. The van der Waals surface area contributed by atoms with Gasteiger partial charge in [0.05, 0.1) is 5.69 Å². The van der Waals surface area contributed by atoms with Crippen LogP contribution < -0.4 is 10.5 Å². The van der Waals surface area contributed by atoms with E-state index in [0.29, 0.717) is 0 Å². The molecule has 2 N–H and O–H groups in total. The Morgan fingerprint density at radius 1 is 1.38 bits per heavy atom. The van der Waals surface area contributed by atoms with Gasteiger partial charge in [0, 0.05) is 6.20 Å². The van der Waals surface area contributed by atoms with Gasteiger partial charge in [-0.05, 0) is 12.5 Å².